The molecule has 0 fully saturated rings. The van der Waals surface area contributed by atoms with Gasteiger partial charge in [-0.2, -0.15) is 0 Å². The summed E-state index contributed by atoms with van der Waals surface area (Å²) in [6.07, 6.45) is 1.83. The topological polar surface area (TPSA) is 63.6 Å². The summed E-state index contributed by atoms with van der Waals surface area (Å²) in [4.78, 5) is 8.35. The molecule has 0 unspecified atom stereocenters. The van der Waals surface area contributed by atoms with Crippen LogP contribution in [0.5, 0.6) is 0 Å². The summed E-state index contributed by atoms with van der Waals surface area (Å²) in [6, 6.07) is 25.1. The van der Waals surface area contributed by atoms with E-state index in [1.165, 1.54) is 0 Å². The predicted octanol–water partition coefficient (Wildman–Crippen LogP) is 5.49. The first-order valence-electron chi connectivity index (χ1n) is 8.42. The maximum atomic E-state index is 5.79. The van der Waals surface area contributed by atoms with Gasteiger partial charge in [-0.3, -0.25) is 9.98 Å². The van der Waals surface area contributed by atoms with Crippen LogP contribution in [0.15, 0.2) is 93.3 Å². The largest absolute Gasteiger partial charge is 0.416 e. The molecule has 0 bridgehead atoms. The van der Waals surface area contributed by atoms with Gasteiger partial charge in [0, 0.05) is 17.3 Å². The molecule has 4 aromatic rings. The fourth-order valence-corrected chi connectivity index (χ4v) is 2.54. The minimum absolute atomic E-state index is 0.465. The van der Waals surface area contributed by atoms with Crippen LogP contribution in [0.3, 0.4) is 0 Å². The van der Waals surface area contributed by atoms with Gasteiger partial charge in [-0.15, -0.1) is 10.2 Å². The lowest BCUT2D eigenvalue weighted by molar-refractivity contribution is 0.584. The minimum atomic E-state index is 0.465. The maximum Gasteiger partial charge on any atom is 0.248 e. The highest BCUT2D eigenvalue weighted by molar-refractivity contribution is 5.81. The van der Waals surface area contributed by atoms with Crippen molar-refractivity contribution in [2.24, 2.45) is 9.98 Å². The molecule has 0 radical (unpaired) electrons. The van der Waals surface area contributed by atoms with Crippen molar-refractivity contribution >= 4 is 24.3 Å². The SMILES string of the molecule is C=Nc1ccc(-c2nnc(-c3ccc(N=Cc4ccccc4)cc3)o2)cc1. The highest BCUT2D eigenvalue weighted by atomic mass is 16.4. The van der Waals surface area contributed by atoms with Gasteiger partial charge in [0.1, 0.15) is 0 Å². The van der Waals surface area contributed by atoms with E-state index in [0.717, 1.165) is 28.1 Å². The zero-order valence-corrected chi connectivity index (χ0v) is 14.5. The van der Waals surface area contributed by atoms with Gasteiger partial charge in [0.05, 0.1) is 11.4 Å². The lowest BCUT2D eigenvalue weighted by atomic mass is 10.2. The van der Waals surface area contributed by atoms with Gasteiger partial charge in [0.2, 0.25) is 11.8 Å². The zero-order chi connectivity index (χ0) is 18.5. The van der Waals surface area contributed by atoms with Crippen LogP contribution < -0.4 is 0 Å². The normalized spacial score (nSPS) is 11.0. The Hall–Kier alpha value is -3.86. The van der Waals surface area contributed by atoms with Gasteiger partial charge >= 0.3 is 0 Å². The van der Waals surface area contributed by atoms with Gasteiger partial charge in [0.25, 0.3) is 0 Å². The van der Waals surface area contributed by atoms with E-state index >= 15 is 0 Å². The third-order valence-electron chi connectivity index (χ3n) is 4.00. The Morgan fingerprint density at radius 2 is 1.26 bits per heavy atom. The highest BCUT2D eigenvalue weighted by Crippen LogP contribution is 2.26. The molecular formula is C22H16N4O. The smallest absolute Gasteiger partial charge is 0.248 e. The van der Waals surface area contributed by atoms with Crippen LogP contribution in [0.25, 0.3) is 22.9 Å². The number of hydrogen-bond donors (Lipinski definition) is 0. The molecule has 0 N–H and O–H groups in total. The van der Waals surface area contributed by atoms with E-state index in [4.69, 9.17) is 4.42 Å². The van der Waals surface area contributed by atoms with Crippen LogP contribution in [0.1, 0.15) is 5.56 Å². The van der Waals surface area contributed by atoms with Crippen LogP contribution in [-0.4, -0.2) is 23.1 Å². The maximum absolute atomic E-state index is 5.79. The second kappa shape index (κ2) is 7.58. The van der Waals surface area contributed by atoms with Crippen LogP contribution in [0.2, 0.25) is 0 Å². The Labute approximate surface area is 156 Å². The molecule has 130 valence electrons. The fraction of sp³-hybridized carbons (Fsp3) is 0. The van der Waals surface area contributed by atoms with E-state index in [0.29, 0.717) is 11.8 Å². The average Bonchev–Trinajstić information content (AvgIpc) is 3.24. The Kier molecular flexibility index (Phi) is 4.66. The van der Waals surface area contributed by atoms with Crippen molar-refractivity contribution in [1.29, 1.82) is 0 Å². The fourth-order valence-electron chi connectivity index (χ4n) is 2.54. The molecule has 5 nitrogen and oxygen atoms in total. The van der Waals surface area contributed by atoms with E-state index in [1.54, 1.807) is 0 Å². The van der Waals surface area contributed by atoms with Gasteiger partial charge in [-0.1, -0.05) is 30.3 Å². The zero-order valence-electron chi connectivity index (χ0n) is 14.5. The molecule has 0 saturated heterocycles. The molecule has 0 spiro atoms. The molecule has 0 aliphatic carbocycles. The number of rotatable bonds is 5. The van der Waals surface area contributed by atoms with Crippen LogP contribution >= 0.6 is 0 Å². The summed E-state index contributed by atoms with van der Waals surface area (Å²) in [5, 5.41) is 8.26. The first-order valence-corrected chi connectivity index (χ1v) is 8.42. The molecule has 0 aliphatic heterocycles. The quantitative estimate of drug-likeness (QED) is 0.446. The molecule has 0 aliphatic rings. The van der Waals surface area contributed by atoms with E-state index in [-0.39, 0.29) is 0 Å². The van der Waals surface area contributed by atoms with Gasteiger partial charge in [-0.25, -0.2) is 0 Å². The third kappa shape index (κ3) is 3.88. The molecule has 0 saturated carbocycles. The average molecular weight is 352 g/mol. The van der Waals surface area contributed by atoms with Gasteiger partial charge in [0.15, 0.2) is 0 Å². The van der Waals surface area contributed by atoms with E-state index < -0.39 is 0 Å². The molecule has 3 aromatic carbocycles. The molecule has 1 heterocycles. The molecule has 0 amide bonds. The summed E-state index contributed by atoms with van der Waals surface area (Å²) in [6.45, 7) is 3.50. The number of nitrogens with zero attached hydrogens (tertiary/aromatic N) is 4. The van der Waals surface area contributed by atoms with E-state index in [1.807, 2.05) is 85.1 Å². The molecule has 1 aromatic heterocycles. The van der Waals surface area contributed by atoms with Crippen molar-refractivity contribution in [3.05, 3.63) is 84.4 Å². The number of benzene rings is 3. The summed E-state index contributed by atoms with van der Waals surface area (Å²) in [7, 11) is 0. The Morgan fingerprint density at radius 1 is 0.704 bits per heavy atom. The summed E-state index contributed by atoms with van der Waals surface area (Å²) in [5.74, 6) is 0.932. The van der Waals surface area contributed by atoms with Crippen LogP contribution in [0, 0.1) is 0 Å². The summed E-state index contributed by atoms with van der Waals surface area (Å²) in [5.41, 5.74) is 4.39. The second-order valence-corrected chi connectivity index (χ2v) is 5.83. The number of aliphatic imine (C=N–C) groups is 2. The lowest BCUT2D eigenvalue weighted by Crippen LogP contribution is -1.79. The Bertz CT molecular complexity index is 1070. The molecule has 4 rings (SSSR count). The first kappa shape index (κ1) is 16.6. The van der Waals surface area contributed by atoms with Crippen molar-refractivity contribution < 1.29 is 4.42 Å². The van der Waals surface area contributed by atoms with Crippen LogP contribution in [0.4, 0.5) is 11.4 Å². The van der Waals surface area contributed by atoms with Crippen molar-refractivity contribution in [2.45, 2.75) is 0 Å². The molecule has 5 heteroatoms. The Balaban J connectivity index is 1.51. The summed E-state index contributed by atoms with van der Waals surface area (Å²) < 4.78 is 5.79. The molecule has 27 heavy (non-hydrogen) atoms. The molecular weight excluding hydrogens is 336 g/mol. The van der Waals surface area contributed by atoms with Crippen molar-refractivity contribution in [2.75, 3.05) is 0 Å². The van der Waals surface area contributed by atoms with E-state index in [9.17, 15) is 0 Å². The standard InChI is InChI=1S/C22H16N4O/c1-23-19-11-7-17(8-12-19)21-25-26-22(27-21)18-9-13-20(14-10-18)24-15-16-5-3-2-4-6-16/h2-15H,1H2. The predicted molar refractivity (Wildman–Crippen MR) is 108 cm³/mol. The van der Waals surface area contributed by atoms with Gasteiger partial charge in [-0.05, 0) is 60.8 Å². The lowest BCUT2D eigenvalue weighted by Gasteiger charge is -1.98. The summed E-state index contributed by atoms with van der Waals surface area (Å²) >= 11 is 0. The number of hydrogen-bond acceptors (Lipinski definition) is 5. The first-order chi connectivity index (χ1) is 13.3. The van der Waals surface area contributed by atoms with Crippen molar-refractivity contribution in [3.63, 3.8) is 0 Å². The number of aromatic nitrogens is 2. The van der Waals surface area contributed by atoms with Crippen molar-refractivity contribution in [3.8, 4) is 22.9 Å². The third-order valence-corrected chi connectivity index (χ3v) is 4.00. The minimum Gasteiger partial charge on any atom is -0.416 e. The monoisotopic (exact) mass is 352 g/mol. The molecule has 0 atom stereocenters. The van der Waals surface area contributed by atoms with Crippen molar-refractivity contribution in [1.82, 2.24) is 10.2 Å². The van der Waals surface area contributed by atoms with E-state index in [2.05, 4.69) is 26.9 Å². The highest BCUT2D eigenvalue weighted by Gasteiger charge is 2.10. The second-order valence-electron chi connectivity index (χ2n) is 5.83. The van der Waals surface area contributed by atoms with Crippen LogP contribution in [-0.2, 0) is 0 Å². The van der Waals surface area contributed by atoms with Gasteiger partial charge < -0.3 is 4.42 Å². The Morgan fingerprint density at radius 3 is 1.81 bits per heavy atom.